The van der Waals surface area contributed by atoms with Crippen molar-refractivity contribution >= 4 is 17.4 Å². The predicted molar refractivity (Wildman–Crippen MR) is 76.8 cm³/mol. The normalized spacial score (nSPS) is 15.6. The van der Waals surface area contributed by atoms with Crippen LogP contribution in [-0.2, 0) is 0 Å². The Hall–Kier alpha value is -1.78. The molecule has 5 nitrogen and oxygen atoms in total. The number of pyridine rings is 1. The number of primary amides is 1. The van der Waals surface area contributed by atoms with Crippen molar-refractivity contribution in [2.24, 2.45) is 11.7 Å². The molecule has 1 aliphatic rings. The third-order valence-corrected chi connectivity index (χ3v) is 3.77. The van der Waals surface area contributed by atoms with E-state index in [1.165, 1.54) is 38.3 Å². The standard InChI is InChI=1S/C14H22N4O/c15-12-9-18-13(8-11(12)14(16)19)17-7-3-6-10-4-1-2-5-10/h8-10H,1-7,15H2,(H2,16,19)(H,17,18). The van der Waals surface area contributed by atoms with Crippen LogP contribution in [0.2, 0.25) is 0 Å². The van der Waals surface area contributed by atoms with Crippen molar-refractivity contribution in [2.45, 2.75) is 38.5 Å². The summed E-state index contributed by atoms with van der Waals surface area (Å²) in [6, 6.07) is 1.62. The molecule has 1 amide bonds. The zero-order valence-electron chi connectivity index (χ0n) is 11.2. The molecule has 5 heteroatoms. The van der Waals surface area contributed by atoms with Crippen LogP contribution in [0.25, 0.3) is 0 Å². The topological polar surface area (TPSA) is 94.0 Å². The molecule has 1 saturated carbocycles. The molecule has 1 aromatic rings. The summed E-state index contributed by atoms with van der Waals surface area (Å²) in [7, 11) is 0. The van der Waals surface area contributed by atoms with Gasteiger partial charge in [-0.25, -0.2) is 4.98 Å². The molecule has 0 aliphatic heterocycles. The molecule has 1 aliphatic carbocycles. The van der Waals surface area contributed by atoms with Crippen LogP contribution < -0.4 is 16.8 Å². The molecular formula is C14H22N4O. The maximum Gasteiger partial charge on any atom is 0.250 e. The number of rotatable bonds is 6. The van der Waals surface area contributed by atoms with Crippen molar-refractivity contribution in [3.63, 3.8) is 0 Å². The molecule has 2 rings (SSSR count). The number of amides is 1. The van der Waals surface area contributed by atoms with Crippen LogP contribution in [0, 0.1) is 5.92 Å². The minimum atomic E-state index is -0.520. The fourth-order valence-corrected chi connectivity index (χ4v) is 2.68. The first-order valence-electron chi connectivity index (χ1n) is 6.96. The van der Waals surface area contributed by atoms with E-state index in [9.17, 15) is 4.79 Å². The second kappa shape index (κ2) is 6.41. The zero-order valence-corrected chi connectivity index (χ0v) is 11.2. The van der Waals surface area contributed by atoms with Gasteiger partial charge < -0.3 is 16.8 Å². The first-order chi connectivity index (χ1) is 9.16. The second-order valence-corrected chi connectivity index (χ2v) is 5.24. The van der Waals surface area contributed by atoms with E-state index in [2.05, 4.69) is 10.3 Å². The van der Waals surface area contributed by atoms with Gasteiger partial charge in [-0.1, -0.05) is 25.7 Å². The number of nitrogen functional groups attached to an aromatic ring is 1. The molecule has 0 spiro atoms. The minimum absolute atomic E-state index is 0.323. The smallest absolute Gasteiger partial charge is 0.250 e. The average molecular weight is 262 g/mol. The van der Waals surface area contributed by atoms with Crippen molar-refractivity contribution in [3.8, 4) is 0 Å². The number of aromatic nitrogens is 1. The van der Waals surface area contributed by atoms with Crippen LogP contribution in [0.4, 0.5) is 11.5 Å². The van der Waals surface area contributed by atoms with E-state index >= 15 is 0 Å². The number of nitrogens with zero attached hydrogens (tertiary/aromatic N) is 1. The van der Waals surface area contributed by atoms with Gasteiger partial charge in [0.2, 0.25) is 0 Å². The average Bonchev–Trinajstić information content (AvgIpc) is 2.89. The molecule has 5 N–H and O–H groups in total. The number of carbonyl (C=O) groups excluding carboxylic acids is 1. The van der Waals surface area contributed by atoms with Crippen molar-refractivity contribution in [1.29, 1.82) is 0 Å². The molecule has 104 valence electrons. The van der Waals surface area contributed by atoms with E-state index in [4.69, 9.17) is 11.5 Å². The molecule has 0 atom stereocenters. The molecule has 0 bridgehead atoms. The van der Waals surface area contributed by atoms with Gasteiger partial charge in [0.05, 0.1) is 17.4 Å². The fraction of sp³-hybridized carbons (Fsp3) is 0.571. The van der Waals surface area contributed by atoms with E-state index in [1.807, 2.05) is 0 Å². The summed E-state index contributed by atoms with van der Waals surface area (Å²) in [6.07, 6.45) is 9.41. The Labute approximate surface area is 113 Å². The van der Waals surface area contributed by atoms with Crippen LogP contribution >= 0.6 is 0 Å². The zero-order chi connectivity index (χ0) is 13.7. The Morgan fingerprint density at radius 1 is 1.42 bits per heavy atom. The Balaban J connectivity index is 1.79. The highest BCUT2D eigenvalue weighted by Gasteiger charge is 2.14. The summed E-state index contributed by atoms with van der Waals surface area (Å²) >= 11 is 0. The minimum Gasteiger partial charge on any atom is -0.397 e. The molecule has 0 saturated heterocycles. The van der Waals surface area contributed by atoms with Crippen molar-refractivity contribution in [2.75, 3.05) is 17.6 Å². The Morgan fingerprint density at radius 3 is 2.84 bits per heavy atom. The molecule has 0 unspecified atom stereocenters. The lowest BCUT2D eigenvalue weighted by Gasteiger charge is -2.10. The predicted octanol–water partition coefficient (Wildman–Crippen LogP) is 2.15. The van der Waals surface area contributed by atoms with Gasteiger partial charge in [-0.3, -0.25) is 4.79 Å². The highest BCUT2D eigenvalue weighted by Crippen LogP contribution is 2.28. The van der Waals surface area contributed by atoms with Gasteiger partial charge >= 0.3 is 0 Å². The van der Waals surface area contributed by atoms with Gasteiger partial charge in [-0.05, 0) is 24.8 Å². The van der Waals surface area contributed by atoms with Crippen molar-refractivity contribution in [1.82, 2.24) is 4.98 Å². The lowest BCUT2D eigenvalue weighted by atomic mass is 10.0. The number of carbonyl (C=O) groups is 1. The van der Waals surface area contributed by atoms with Crippen molar-refractivity contribution in [3.05, 3.63) is 17.8 Å². The summed E-state index contributed by atoms with van der Waals surface area (Å²) in [5.74, 6) is 1.05. The fourth-order valence-electron chi connectivity index (χ4n) is 2.68. The molecule has 1 aromatic heterocycles. The molecular weight excluding hydrogens is 240 g/mol. The second-order valence-electron chi connectivity index (χ2n) is 5.24. The van der Waals surface area contributed by atoms with Crippen LogP contribution in [0.15, 0.2) is 12.3 Å². The molecule has 0 aromatic carbocycles. The van der Waals surface area contributed by atoms with Gasteiger partial charge in [0.1, 0.15) is 5.82 Å². The maximum absolute atomic E-state index is 11.2. The Bertz CT molecular complexity index is 441. The van der Waals surface area contributed by atoms with Gasteiger partial charge in [0.25, 0.3) is 5.91 Å². The van der Waals surface area contributed by atoms with E-state index in [0.29, 0.717) is 17.1 Å². The number of hydrogen-bond donors (Lipinski definition) is 3. The summed E-state index contributed by atoms with van der Waals surface area (Å²) < 4.78 is 0. The lowest BCUT2D eigenvalue weighted by molar-refractivity contribution is 0.100. The van der Waals surface area contributed by atoms with Gasteiger partial charge in [0.15, 0.2) is 0 Å². The van der Waals surface area contributed by atoms with Gasteiger partial charge in [-0.2, -0.15) is 0 Å². The number of hydrogen-bond acceptors (Lipinski definition) is 4. The monoisotopic (exact) mass is 262 g/mol. The largest absolute Gasteiger partial charge is 0.397 e. The first kappa shape index (κ1) is 13.6. The molecule has 0 radical (unpaired) electrons. The van der Waals surface area contributed by atoms with Crippen LogP contribution in [0.3, 0.4) is 0 Å². The molecule has 1 heterocycles. The highest BCUT2D eigenvalue weighted by molar-refractivity contribution is 5.98. The van der Waals surface area contributed by atoms with E-state index < -0.39 is 5.91 Å². The Kier molecular flexibility index (Phi) is 4.60. The molecule has 19 heavy (non-hydrogen) atoms. The quantitative estimate of drug-likeness (QED) is 0.685. The first-order valence-corrected chi connectivity index (χ1v) is 6.96. The van der Waals surface area contributed by atoms with E-state index in [1.54, 1.807) is 6.07 Å². The third kappa shape index (κ3) is 3.84. The summed E-state index contributed by atoms with van der Waals surface area (Å²) in [5.41, 5.74) is 11.5. The highest BCUT2D eigenvalue weighted by atomic mass is 16.1. The van der Waals surface area contributed by atoms with Gasteiger partial charge in [0, 0.05) is 6.54 Å². The van der Waals surface area contributed by atoms with Gasteiger partial charge in [-0.15, -0.1) is 0 Å². The summed E-state index contributed by atoms with van der Waals surface area (Å²) in [4.78, 5) is 15.3. The number of anilines is 2. The van der Waals surface area contributed by atoms with Crippen LogP contribution in [0.5, 0.6) is 0 Å². The summed E-state index contributed by atoms with van der Waals surface area (Å²) in [6.45, 7) is 0.867. The number of nitrogens with one attached hydrogen (secondary N) is 1. The maximum atomic E-state index is 11.2. The number of nitrogens with two attached hydrogens (primary N) is 2. The van der Waals surface area contributed by atoms with Crippen LogP contribution in [-0.4, -0.2) is 17.4 Å². The van der Waals surface area contributed by atoms with E-state index in [0.717, 1.165) is 18.9 Å². The van der Waals surface area contributed by atoms with Crippen LogP contribution in [0.1, 0.15) is 48.9 Å². The molecule has 1 fully saturated rings. The summed E-state index contributed by atoms with van der Waals surface area (Å²) in [5, 5.41) is 3.22. The van der Waals surface area contributed by atoms with E-state index in [-0.39, 0.29) is 0 Å². The Morgan fingerprint density at radius 2 is 2.16 bits per heavy atom. The van der Waals surface area contributed by atoms with Crippen molar-refractivity contribution < 1.29 is 4.79 Å². The SMILES string of the molecule is NC(=O)c1cc(NCCCC2CCCC2)ncc1N. The lowest BCUT2D eigenvalue weighted by Crippen LogP contribution is -2.15. The third-order valence-electron chi connectivity index (χ3n) is 3.77.